The second-order valence-corrected chi connectivity index (χ2v) is 5.43. The van der Waals surface area contributed by atoms with Crippen molar-refractivity contribution in [2.24, 2.45) is 5.10 Å². The normalized spacial score (nSPS) is 10.6. The minimum atomic E-state index is -0.698. The lowest BCUT2D eigenvalue weighted by molar-refractivity contribution is -0.386. The minimum absolute atomic E-state index is 0.0748. The third-order valence-corrected chi connectivity index (χ3v) is 3.53. The first kappa shape index (κ1) is 17.4. The number of hydrogen-bond acceptors (Lipinski definition) is 6. The number of phenolic OH excluding ortho intramolecular Hbond substituents is 1. The minimum Gasteiger partial charge on any atom is -0.504 e. The first-order valence-corrected chi connectivity index (χ1v) is 7.36. The zero-order chi connectivity index (χ0) is 17.7. The molecule has 1 amide bonds. The van der Waals surface area contributed by atoms with Crippen molar-refractivity contribution < 1.29 is 19.6 Å². The SMILES string of the molecule is COc1c(O)ccc(C=NNC(=O)c2ccc(Br)cc2)c1[N+](=O)[O-]. The predicted octanol–water partition coefficient (Wildman–Crippen LogP) is 2.84. The Hall–Kier alpha value is -2.94. The lowest BCUT2D eigenvalue weighted by Gasteiger charge is -2.06. The second kappa shape index (κ2) is 7.55. The maximum absolute atomic E-state index is 11.9. The van der Waals surface area contributed by atoms with Crippen molar-refractivity contribution in [1.29, 1.82) is 0 Å². The van der Waals surface area contributed by atoms with E-state index < -0.39 is 16.5 Å². The number of benzene rings is 2. The third-order valence-electron chi connectivity index (χ3n) is 3.00. The molecule has 0 unspecified atom stereocenters. The Bertz CT molecular complexity index is 806. The van der Waals surface area contributed by atoms with Crippen LogP contribution in [0.5, 0.6) is 11.5 Å². The van der Waals surface area contributed by atoms with Gasteiger partial charge in [-0.15, -0.1) is 0 Å². The van der Waals surface area contributed by atoms with E-state index in [1.54, 1.807) is 24.3 Å². The number of hydrogen-bond donors (Lipinski definition) is 2. The Morgan fingerprint density at radius 1 is 1.33 bits per heavy atom. The van der Waals surface area contributed by atoms with Crippen molar-refractivity contribution in [1.82, 2.24) is 5.43 Å². The van der Waals surface area contributed by atoms with E-state index in [0.717, 1.165) is 10.7 Å². The molecule has 0 aromatic heterocycles. The molecule has 2 aromatic carbocycles. The summed E-state index contributed by atoms with van der Waals surface area (Å²) in [5, 5.41) is 24.5. The van der Waals surface area contributed by atoms with Crippen molar-refractivity contribution >= 4 is 33.7 Å². The molecule has 0 bridgehead atoms. The Labute approximate surface area is 145 Å². The summed E-state index contributed by atoms with van der Waals surface area (Å²) in [7, 11) is 1.21. The van der Waals surface area contributed by atoms with E-state index in [4.69, 9.17) is 4.74 Å². The molecule has 2 aromatic rings. The van der Waals surface area contributed by atoms with Crippen LogP contribution in [0.2, 0.25) is 0 Å². The smallest absolute Gasteiger partial charge is 0.323 e. The summed E-state index contributed by atoms with van der Waals surface area (Å²) in [6.07, 6.45) is 1.11. The number of hydrazone groups is 1. The lowest BCUT2D eigenvalue weighted by atomic mass is 10.1. The van der Waals surface area contributed by atoms with Crippen molar-refractivity contribution in [3.8, 4) is 11.5 Å². The van der Waals surface area contributed by atoms with E-state index in [0.29, 0.717) is 5.56 Å². The van der Waals surface area contributed by atoms with Gasteiger partial charge in [-0.05, 0) is 36.4 Å². The number of nitrogens with one attached hydrogen (secondary N) is 1. The zero-order valence-electron chi connectivity index (χ0n) is 12.4. The highest BCUT2D eigenvalue weighted by Crippen LogP contribution is 2.37. The highest BCUT2D eigenvalue weighted by Gasteiger charge is 2.23. The fourth-order valence-corrected chi connectivity index (χ4v) is 2.16. The lowest BCUT2D eigenvalue weighted by Crippen LogP contribution is -2.17. The van der Waals surface area contributed by atoms with Crippen LogP contribution in [-0.4, -0.2) is 29.3 Å². The number of phenols is 1. The monoisotopic (exact) mass is 393 g/mol. The van der Waals surface area contributed by atoms with Crippen LogP contribution >= 0.6 is 15.9 Å². The molecule has 2 rings (SSSR count). The number of aromatic hydroxyl groups is 1. The van der Waals surface area contributed by atoms with E-state index in [-0.39, 0.29) is 17.1 Å². The van der Waals surface area contributed by atoms with Gasteiger partial charge in [-0.25, -0.2) is 5.43 Å². The Balaban J connectivity index is 2.21. The number of nitro groups is 1. The molecule has 0 aliphatic heterocycles. The summed E-state index contributed by atoms with van der Waals surface area (Å²) in [4.78, 5) is 22.4. The van der Waals surface area contributed by atoms with Crippen LogP contribution < -0.4 is 10.2 Å². The van der Waals surface area contributed by atoms with Crippen molar-refractivity contribution in [2.75, 3.05) is 7.11 Å². The highest BCUT2D eigenvalue weighted by molar-refractivity contribution is 9.10. The van der Waals surface area contributed by atoms with Crippen LogP contribution in [0.25, 0.3) is 0 Å². The maximum Gasteiger partial charge on any atom is 0.323 e. The van der Waals surface area contributed by atoms with Gasteiger partial charge in [-0.3, -0.25) is 14.9 Å². The molecule has 0 saturated heterocycles. The summed E-state index contributed by atoms with van der Waals surface area (Å²) in [6, 6.07) is 9.14. The average molecular weight is 394 g/mol. The fourth-order valence-electron chi connectivity index (χ4n) is 1.90. The van der Waals surface area contributed by atoms with Crippen LogP contribution in [0.1, 0.15) is 15.9 Å². The first-order chi connectivity index (χ1) is 11.4. The summed E-state index contributed by atoms with van der Waals surface area (Å²) in [6.45, 7) is 0. The molecule has 0 spiro atoms. The molecule has 0 heterocycles. The largest absolute Gasteiger partial charge is 0.504 e. The molecule has 8 nitrogen and oxygen atoms in total. The Morgan fingerprint density at radius 2 is 2.00 bits per heavy atom. The number of carbonyl (C=O) groups is 1. The molecule has 2 N–H and O–H groups in total. The maximum atomic E-state index is 11.9. The number of methoxy groups -OCH3 is 1. The van der Waals surface area contributed by atoms with Crippen LogP contribution in [-0.2, 0) is 0 Å². The van der Waals surface area contributed by atoms with Gasteiger partial charge in [-0.2, -0.15) is 5.10 Å². The summed E-state index contributed by atoms with van der Waals surface area (Å²) < 4.78 is 5.67. The fraction of sp³-hybridized carbons (Fsp3) is 0.0667. The van der Waals surface area contributed by atoms with Gasteiger partial charge in [0.1, 0.15) is 0 Å². The van der Waals surface area contributed by atoms with Crippen LogP contribution in [0.3, 0.4) is 0 Å². The Kier molecular flexibility index (Phi) is 5.48. The van der Waals surface area contributed by atoms with E-state index in [2.05, 4.69) is 26.5 Å². The molecule has 0 atom stereocenters. The van der Waals surface area contributed by atoms with Gasteiger partial charge in [-0.1, -0.05) is 15.9 Å². The molecule has 124 valence electrons. The molecule has 24 heavy (non-hydrogen) atoms. The van der Waals surface area contributed by atoms with Crippen LogP contribution in [0.4, 0.5) is 5.69 Å². The summed E-state index contributed by atoms with van der Waals surface area (Å²) in [5.41, 5.74) is 2.29. The van der Waals surface area contributed by atoms with Crippen LogP contribution in [0.15, 0.2) is 46.0 Å². The molecular formula is C15H12BrN3O5. The zero-order valence-corrected chi connectivity index (χ0v) is 14.0. The topological polar surface area (TPSA) is 114 Å². The van der Waals surface area contributed by atoms with Gasteiger partial charge in [0.05, 0.1) is 23.8 Å². The molecule has 0 saturated carbocycles. The van der Waals surface area contributed by atoms with E-state index in [1.807, 2.05) is 0 Å². The Morgan fingerprint density at radius 3 is 2.58 bits per heavy atom. The van der Waals surface area contributed by atoms with Crippen LogP contribution in [0, 0.1) is 10.1 Å². The van der Waals surface area contributed by atoms with Gasteiger partial charge >= 0.3 is 5.69 Å². The molecule has 9 heteroatoms. The number of amides is 1. The number of rotatable bonds is 5. The second-order valence-electron chi connectivity index (χ2n) is 4.52. The molecule has 0 aliphatic rings. The van der Waals surface area contributed by atoms with Crippen molar-refractivity contribution in [3.63, 3.8) is 0 Å². The molecule has 0 radical (unpaired) electrons. The number of carbonyl (C=O) groups excluding carboxylic acids is 1. The van der Waals surface area contributed by atoms with E-state index >= 15 is 0 Å². The molecule has 0 fully saturated rings. The number of halogens is 1. The van der Waals surface area contributed by atoms with Gasteiger partial charge in [0.25, 0.3) is 5.91 Å². The van der Waals surface area contributed by atoms with Crippen molar-refractivity contribution in [3.05, 3.63) is 62.1 Å². The number of nitrogens with zero attached hydrogens (tertiary/aromatic N) is 2. The molecular weight excluding hydrogens is 382 g/mol. The third kappa shape index (κ3) is 3.87. The van der Waals surface area contributed by atoms with Gasteiger partial charge in [0.15, 0.2) is 5.75 Å². The number of nitro benzene ring substituents is 1. The standard InChI is InChI=1S/C15H12BrN3O5/c1-24-14-12(20)7-4-10(13(14)19(22)23)8-17-18-15(21)9-2-5-11(16)6-3-9/h2-8,20H,1H3,(H,18,21). The average Bonchev–Trinajstić information content (AvgIpc) is 2.56. The predicted molar refractivity (Wildman–Crippen MR) is 90.5 cm³/mol. The van der Waals surface area contributed by atoms with E-state index in [9.17, 15) is 20.0 Å². The van der Waals surface area contributed by atoms with E-state index in [1.165, 1.54) is 19.2 Å². The molecule has 0 aliphatic carbocycles. The number of ether oxygens (including phenoxy) is 1. The van der Waals surface area contributed by atoms with Gasteiger partial charge in [0.2, 0.25) is 5.75 Å². The summed E-state index contributed by atoms with van der Waals surface area (Å²) >= 11 is 3.26. The quantitative estimate of drug-likeness (QED) is 0.460. The van der Waals surface area contributed by atoms with Gasteiger partial charge in [0, 0.05) is 10.0 Å². The van der Waals surface area contributed by atoms with Gasteiger partial charge < -0.3 is 9.84 Å². The summed E-state index contributed by atoms with van der Waals surface area (Å²) in [5.74, 6) is -1.10. The van der Waals surface area contributed by atoms with Crippen molar-refractivity contribution in [2.45, 2.75) is 0 Å². The highest BCUT2D eigenvalue weighted by atomic mass is 79.9. The first-order valence-electron chi connectivity index (χ1n) is 6.57.